The first kappa shape index (κ1) is 19.0. The number of nitrogens with one attached hydrogen (secondary N) is 2. The molecular weight excluding hydrogens is 364 g/mol. The van der Waals surface area contributed by atoms with Gasteiger partial charge in [0, 0.05) is 10.7 Å². The molecule has 6 heteroatoms. The fourth-order valence-corrected chi connectivity index (χ4v) is 3.33. The Labute approximate surface area is 163 Å². The van der Waals surface area contributed by atoms with Crippen LogP contribution in [-0.4, -0.2) is 16.9 Å². The van der Waals surface area contributed by atoms with Gasteiger partial charge >= 0.3 is 0 Å². The number of halogens is 1. The summed E-state index contributed by atoms with van der Waals surface area (Å²) >= 11 is 5.91. The Bertz CT molecular complexity index is 935. The highest BCUT2D eigenvalue weighted by Crippen LogP contribution is 2.36. The summed E-state index contributed by atoms with van der Waals surface area (Å²) in [6, 6.07) is 14.1. The van der Waals surface area contributed by atoms with E-state index >= 15 is 0 Å². The van der Waals surface area contributed by atoms with Gasteiger partial charge in [0.25, 0.3) is 11.8 Å². The molecule has 0 saturated carbocycles. The minimum atomic E-state index is -1.19. The lowest BCUT2D eigenvalue weighted by molar-refractivity contribution is -0.121. The molecule has 2 aromatic rings. The van der Waals surface area contributed by atoms with Gasteiger partial charge in [0.1, 0.15) is 16.9 Å². The number of carbonyl (C=O) groups is 2. The molecule has 1 aliphatic rings. The third-order valence-corrected chi connectivity index (χ3v) is 5.03. The molecule has 5 nitrogen and oxygen atoms in total. The lowest BCUT2D eigenvalue weighted by Crippen LogP contribution is -2.39. The SMILES string of the molecule is CC(C)c1ccccc1NC(=O)C1=C(O)C(C)(c2ccc(Cl)cc2)NC1=O. The molecular formula is C21H21ClN2O3. The molecule has 1 atom stereocenters. The van der Waals surface area contributed by atoms with Gasteiger partial charge in [0.15, 0.2) is 0 Å². The van der Waals surface area contributed by atoms with Crippen LogP contribution in [0.2, 0.25) is 5.02 Å². The van der Waals surface area contributed by atoms with Crippen LogP contribution in [-0.2, 0) is 15.1 Å². The van der Waals surface area contributed by atoms with Gasteiger partial charge in [0.05, 0.1) is 0 Å². The van der Waals surface area contributed by atoms with E-state index in [1.54, 1.807) is 37.3 Å². The van der Waals surface area contributed by atoms with Crippen molar-refractivity contribution in [3.05, 3.63) is 76.0 Å². The molecule has 0 aliphatic carbocycles. The minimum Gasteiger partial charge on any atom is -0.508 e. The van der Waals surface area contributed by atoms with Gasteiger partial charge in [-0.3, -0.25) is 9.59 Å². The smallest absolute Gasteiger partial charge is 0.264 e. The molecule has 0 fully saturated rings. The predicted octanol–water partition coefficient (Wildman–Crippen LogP) is 4.26. The van der Waals surface area contributed by atoms with Gasteiger partial charge in [-0.05, 0) is 42.2 Å². The van der Waals surface area contributed by atoms with Crippen LogP contribution in [0.3, 0.4) is 0 Å². The summed E-state index contributed by atoms with van der Waals surface area (Å²) in [6.45, 7) is 5.68. The fraction of sp³-hybridized carbons (Fsp3) is 0.238. The van der Waals surface area contributed by atoms with E-state index in [4.69, 9.17) is 11.6 Å². The van der Waals surface area contributed by atoms with Gasteiger partial charge in [-0.15, -0.1) is 0 Å². The van der Waals surface area contributed by atoms with E-state index < -0.39 is 17.4 Å². The Hall–Kier alpha value is -2.79. The summed E-state index contributed by atoms with van der Waals surface area (Å²) in [5.41, 5.74) is 0.718. The van der Waals surface area contributed by atoms with Crippen molar-refractivity contribution in [1.82, 2.24) is 5.32 Å². The van der Waals surface area contributed by atoms with Crippen LogP contribution in [0, 0.1) is 0 Å². The molecule has 0 bridgehead atoms. The molecule has 1 aliphatic heterocycles. The van der Waals surface area contributed by atoms with Gasteiger partial charge in [-0.25, -0.2) is 0 Å². The highest BCUT2D eigenvalue weighted by Gasteiger charge is 2.45. The highest BCUT2D eigenvalue weighted by atomic mass is 35.5. The van der Waals surface area contributed by atoms with E-state index in [9.17, 15) is 14.7 Å². The van der Waals surface area contributed by atoms with Crippen molar-refractivity contribution in [1.29, 1.82) is 0 Å². The van der Waals surface area contributed by atoms with Crippen LogP contribution in [0.25, 0.3) is 0 Å². The number of amides is 2. The van der Waals surface area contributed by atoms with E-state index in [1.165, 1.54) is 0 Å². The van der Waals surface area contributed by atoms with E-state index in [1.807, 2.05) is 32.0 Å². The number of rotatable bonds is 4. The Morgan fingerprint density at radius 2 is 1.78 bits per heavy atom. The zero-order valence-electron chi connectivity index (χ0n) is 15.3. The van der Waals surface area contributed by atoms with Gasteiger partial charge in [-0.2, -0.15) is 0 Å². The largest absolute Gasteiger partial charge is 0.508 e. The van der Waals surface area contributed by atoms with Gasteiger partial charge in [0.2, 0.25) is 0 Å². The van der Waals surface area contributed by atoms with Crippen molar-refractivity contribution in [2.45, 2.75) is 32.2 Å². The second kappa shape index (κ2) is 7.08. The molecule has 3 rings (SSSR count). The van der Waals surface area contributed by atoms with Crippen LogP contribution in [0.15, 0.2) is 59.9 Å². The summed E-state index contributed by atoms with van der Waals surface area (Å²) in [6.07, 6.45) is 0. The van der Waals surface area contributed by atoms with Crippen LogP contribution in [0.4, 0.5) is 5.69 Å². The first-order chi connectivity index (χ1) is 12.7. The molecule has 1 unspecified atom stereocenters. The van der Waals surface area contributed by atoms with Crippen LogP contribution in [0.5, 0.6) is 0 Å². The average molecular weight is 385 g/mol. The number of para-hydroxylation sites is 1. The molecule has 0 aromatic heterocycles. The standard InChI is InChI=1S/C21H21ClN2O3/c1-12(2)15-6-4-5-7-16(15)23-19(26)17-18(25)21(3,24-20(17)27)13-8-10-14(22)11-9-13/h4-12,25H,1-3H3,(H,23,26)(H,24,27). The third kappa shape index (κ3) is 3.43. The van der Waals surface area contributed by atoms with E-state index in [2.05, 4.69) is 10.6 Å². The monoisotopic (exact) mass is 384 g/mol. The van der Waals surface area contributed by atoms with Gasteiger partial charge in [-0.1, -0.05) is 55.8 Å². The second-order valence-corrected chi connectivity index (χ2v) is 7.44. The van der Waals surface area contributed by atoms with E-state index in [0.29, 0.717) is 16.3 Å². The maximum atomic E-state index is 12.8. The summed E-state index contributed by atoms with van der Waals surface area (Å²) in [5, 5.41) is 16.7. The number of benzene rings is 2. The Kier molecular flexibility index (Phi) is 4.98. The minimum absolute atomic E-state index is 0.195. The van der Waals surface area contributed by atoms with Crippen molar-refractivity contribution >= 4 is 29.1 Å². The number of hydrogen-bond acceptors (Lipinski definition) is 3. The topological polar surface area (TPSA) is 78.4 Å². The van der Waals surface area contributed by atoms with Crippen LogP contribution >= 0.6 is 11.6 Å². The summed E-state index contributed by atoms with van der Waals surface area (Å²) in [4.78, 5) is 25.2. The zero-order valence-corrected chi connectivity index (χ0v) is 16.1. The van der Waals surface area contributed by atoms with Crippen LogP contribution in [0.1, 0.15) is 37.8 Å². The molecule has 0 spiro atoms. The number of hydrogen-bond donors (Lipinski definition) is 3. The number of carbonyl (C=O) groups excluding carboxylic acids is 2. The third-order valence-electron chi connectivity index (χ3n) is 4.78. The first-order valence-corrected chi connectivity index (χ1v) is 9.04. The molecule has 27 heavy (non-hydrogen) atoms. The summed E-state index contributed by atoms with van der Waals surface area (Å²) in [7, 11) is 0. The van der Waals surface area contributed by atoms with Gasteiger partial charge < -0.3 is 15.7 Å². The number of aliphatic hydroxyl groups is 1. The van der Waals surface area contributed by atoms with Crippen molar-refractivity contribution in [3.8, 4) is 0 Å². The van der Waals surface area contributed by atoms with E-state index in [0.717, 1.165) is 5.56 Å². The first-order valence-electron chi connectivity index (χ1n) is 8.66. The lowest BCUT2D eigenvalue weighted by Gasteiger charge is -2.25. The molecule has 0 radical (unpaired) electrons. The highest BCUT2D eigenvalue weighted by molar-refractivity contribution is 6.30. The second-order valence-electron chi connectivity index (χ2n) is 7.01. The Balaban J connectivity index is 1.96. The number of aliphatic hydroxyl groups excluding tert-OH is 1. The quantitative estimate of drug-likeness (QED) is 0.689. The predicted molar refractivity (Wildman–Crippen MR) is 106 cm³/mol. The van der Waals surface area contributed by atoms with Crippen molar-refractivity contribution in [3.63, 3.8) is 0 Å². The average Bonchev–Trinajstić information content (AvgIpc) is 2.85. The lowest BCUT2D eigenvalue weighted by atomic mass is 9.90. The molecule has 3 N–H and O–H groups in total. The zero-order chi connectivity index (χ0) is 19.8. The maximum absolute atomic E-state index is 12.8. The van der Waals surface area contributed by atoms with E-state index in [-0.39, 0.29) is 17.3 Å². The van der Waals surface area contributed by atoms with Crippen molar-refractivity contribution < 1.29 is 14.7 Å². The molecule has 1 heterocycles. The fourth-order valence-electron chi connectivity index (χ4n) is 3.21. The van der Waals surface area contributed by atoms with Crippen molar-refractivity contribution in [2.24, 2.45) is 0 Å². The van der Waals surface area contributed by atoms with Crippen molar-refractivity contribution in [2.75, 3.05) is 5.32 Å². The van der Waals surface area contributed by atoms with Crippen LogP contribution < -0.4 is 10.6 Å². The summed E-state index contributed by atoms with van der Waals surface area (Å²) < 4.78 is 0. The Morgan fingerprint density at radius 3 is 2.41 bits per heavy atom. The molecule has 2 aromatic carbocycles. The molecule has 140 valence electrons. The Morgan fingerprint density at radius 1 is 1.15 bits per heavy atom. The molecule has 2 amide bonds. The maximum Gasteiger partial charge on any atom is 0.264 e. The normalized spacial score (nSPS) is 19.4. The number of anilines is 1. The molecule has 0 saturated heterocycles. The summed E-state index contributed by atoms with van der Waals surface area (Å²) in [5.74, 6) is -1.38.